The molecule has 0 spiro atoms. The summed E-state index contributed by atoms with van der Waals surface area (Å²) in [6.07, 6.45) is 1.64. The topological polar surface area (TPSA) is 63.2 Å². The number of rotatable bonds is 7. The summed E-state index contributed by atoms with van der Waals surface area (Å²) in [4.78, 5) is 16.1. The monoisotopic (exact) mass is 371 g/mol. The van der Waals surface area contributed by atoms with E-state index in [4.69, 9.17) is 4.74 Å². The number of nitrogens with zero attached hydrogens (tertiary/aromatic N) is 1. The Labute approximate surface area is 141 Å². The van der Waals surface area contributed by atoms with Crippen LogP contribution < -0.4 is 10.6 Å². The third-order valence-corrected chi connectivity index (χ3v) is 3.32. The van der Waals surface area contributed by atoms with Crippen LogP contribution in [-0.2, 0) is 11.3 Å². The van der Waals surface area contributed by atoms with Gasteiger partial charge >= 0.3 is 6.09 Å². The van der Waals surface area contributed by atoms with Crippen LogP contribution in [0.25, 0.3) is 0 Å². The highest BCUT2D eigenvalue weighted by Crippen LogP contribution is 2.08. The Hall–Kier alpha value is -1.14. The smallest absolute Gasteiger partial charge is 0.407 e. The zero-order valence-electron chi connectivity index (χ0n) is 13.8. The van der Waals surface area contributed by atoms with Crippen LogP contribution in [0.1, 0.15) is 46.2 Å². The van der Waals surface area contributed by atoms with E-state index in [-0.39, 0.29) is 12.1 Å². The first-order valence-electron chi connectivity index (χ1n) is 7.62. The number of hydrogen-bond acceptors (Lipinski definition) is 4. The molecule has 0 saturated heterocycles. The van der Waals surface area contributed by atoms with E-state index in [1.54, 1.807) is 0 Å². The van der Waals surface area contributed by atoms with E-state index in [1.807, 2.05) is 39.0 Å². The van der Waals surface area contributed by atoms with E-state index in [0.29, 0.717) is 13.1 Å². The lowest BCUT2D eigenvalue weighted by Crippen LogP contribution is -2.42. The van der Waals surface area contributed by atoms with Crippen molar-refractivity contribution in [1.82, 2.24) is 15.6 Å². The Morgan fingerprint density at radius 1 is 1.41 bits per heavy atom. The van der Waals surface area contributed by atoms with E-state index in [1.165, 1.54) is 0 Å². The number of halogens is 1. The predicted molar refractivity (Wildman–Crippen MR) is 91.7 cm³/mol. The van der Waals surface area contributed by atoms with Gasteiger partial charge in [-0.25, -0.2) is 9.78 Å². The van der Waals surface area contributed by atoms with E-state index < -0.39 is 5.60 Å². The number of carbonyl (C=O) groups is 1. The summed E-state index contributed by atoms with van der Waals surface area (Å²) in [6, 6.07) is 6.03. The summed E-state index contributed by atoms with van der Waals surface area (Å²) in [5, 5.41) is 6.25. The number of alkyl carbamates (subject to hydrolysis) is 1. The highest BCUT2D eigenvalue weighted by molar-refractivity contribution is 9.10. The fourth-order valence-corrected chi connectivity index (χ4v) is 2.32. The Bertz CT molecular complexity index is 475. The van der Waals surface area contributed by atoms with Crippen LogP contribution in [0.2, 0.25) is 0 Å². The van der Waals surface area contributed by atoms with E-state index >= 15 is 0 Å². The van der Waals surface area contributed by atoms with Crippen LogP contribution in [0.15, 0.2) is 22.8 Å². The molecule has 0 radical (unpaired) electrons. The summed E-state index contributed by atoms with van der Waals surface area (Å²) in [7, 11) is 0. The third-order valence-electron chi connectivity index (χ3n) is 2.87. The second-order valence-electron chi connectivity index (χ2n) is 6.20. The lowest BCUT2D eigenvalue weighted by atomic mass is 10.1. The molecule has 0 aromatic carbocycles. The van der Waals surface area contributed by atoms with E-state index in [9.17, 15) is 4.79 Å². The molecule has 1 heterocycles. The first-order valence-corrected chi connectivity index (χ1v) is 8.41. The molecule has 1 amide bonds. The van der Waals surface area contributed by atoms with Gasteiger partial charge in [-0.3, -0.25) is 0 Å². The molecule has 0 fully saturated rings. The molecule has 2 N–H and O–H groups in total. The zero-order chi connectivity index (χ0) is 16.6. The van der Waals surface area contributed by atoms with Crippen molar-refractivity contribution in [2.45, 2.75) is 58.7 Å². The van der Waals surface area contributed by atoms with Gasteiger partial charge in [-0.15, -0.1) is 0 Å². The molecule has 1 unspecified atom stereocenters. The molecule has 1 aromatic heterocycles. The van der Waals surface area contributed by atoms with Gasteiger partial charge in [0.15, 0.2) is 0 Å². The minimum Gasteiger partial charge on any atom is -0.444 e. The standard InChI is InChI=1S/C16H26BrN3O2/c1-5-7-12(10-19-15(21)22-16(2,3)4)18-11-13-8-6-9-14(17)20-13/h6,8-9,12,18H,5,7,10-11H2,1-4H3,(H,19,21). The molecule has 0 aliphatic rings. The first kappa shape index (κ1) is 18.9. The van der Waals surface area contributed by atoms with Crippen LogP contribution in [-0.4, -0.2) is 29.3 Å². The van der Waals surface area contributed by atoms with Gasteiger partial charge in [0.2, 0.25) is 0 Å². The zero-order valence-corrected chi connectivity index (χ0v) is 15.4. The molecule has 1 aromatic rings. The fourth-order valence-electron chi connectivity index (χ4n) is 1.94. The molecule has 22 heavy (non-hydrogen) atoms. The minimum absolute atomic E-state index is 0.193. The number of aromatic nitrogens is 1. The number of ether oxygens (including phenoxy) is 1. The maximum absolute atomic E-state index is 11.7. The summed E-state index contributed by atoms with van der Waals surface area (Å²) < 4.78 is 6.07. The first-order chi connectivity index (χ1) is 10.3. The van der Waals surface area contributed by atoms with E-state index in [0.717, 1.165) is 23.1 Å². The lowest BCUT2D eigenvalue weighted by Gasteiger charge is -2.22. The van der Waals surface area contributed by atoms with Crippen LogP contribution in [0, 0.1) is 0 Å². The van der Waals surface area contributed by atoms with Gasteiger partial charge in [0.1, 0.15) is 10.2 Å². The van der Waals surface area contributed by atoms with Crippen molar-refractivity contribution in [2.24, 2.45) is 0 Å². The second-order valence-corrected chi connectivity index (χ2v) is 7.01. The largest absolute Gasteiger partial charge is 0.444 e. The molecule has 6 heteroatoms. The van der Waals surface area contributed by atoms with Crippen LogP contribution in [0.5, 0.6) is 0 Å². The molecule has 0 bridgehead atoms. The minimum atomic E-state index is -0.474. The van der Waals surface area contributed by atoms with Crippen molar-refractivity contribution in [3.8, 4) is 0 Å². The highest BCUT2D eigenvalue weighted by Gasteiger charge is 2.17. The van der Waals surface area contributed by atoms with Gasteiger partial charge in [0.05, 0.1) is 5.69 Å². The summed E-state index contributed by atoms with van der Waals surface area (Å²) in [5.41, 5.74) is 0.491. The Morgan fingerprint density at radius 3 is 2.73 bits per heavy atom. The molecular formula is C16H26BrN3O2. The Balaban J connectivity index is 2.43. The van der Waals surface area contributed by atoms with Crippen molar-refractivity contribution in [1.29, 1.82) is 0 Å². The summed E-state index contributed by atoms with van der Waals surface area (Å²) in [5.74, 6) is 0. The lowest BCUT2D eigenvalue weighted by molar-refractivity contribution is 0.0521. The molecule has 0 saturated carbocycles. The normalized spacial score (nSPS) is 12.8. The number of amides is 1. The average molecular weight is 372 g/mol. The number of carbonyl (C=O) groups excluding carboxylic acids is 1. The van der Waals surface area contributed by atoms with Crippen LogP contribution in [0.4, 0.5) is 4.79 Å². The fraction of sp³-hybridized carbons (Fsp3) is 0.625. The van der Waals surface area contributed by atoms with Gasteiger partial charge in [0.25, 0.3) is 0 Å². The second kappa shape index (κ2) is 9.10. The van der Waals surface area contributed by atoms with Crippen LogP contribution >= 0.6 is 15.9 Å². The molecule has 1 atom stereocenters. The van der Waals surface area contributed by atoms with Crippen molar-refractivity contribution in [2.75, 3.05) is 6.54 Å². The quantitative estimate of drug-likeness (QED) is 0.718. The molecule has 5 nitrogen and oxygen atoms in total. The summed E-state index contributed by atoms with van der Waals surface area (Å²) in [6.45, 7) is 8.89. The molecule has 124 valence electrons. The average Bonchev–Trinajstić information content (AvgIpc) is 2.40. The van der Waals surface area contributed by atoms with Gasteiger partial charge in [0, 0.05) is 19.1 Å². The third kappa shape index (κ3) is 8.34. The Morgan fingerprint density at radius 2 is 2.14 bits per heavy atom. The number of hydrogen-bond donors (Lipinski definition) is 2. The maximum atomic E-state index is 11.7. The van der Waals surface area contributed by atoms with Gasteiger partial charge < -0.3 is 15.4 Å². The number of nitrogens with one attached hydrogen (secondary N) is 2. The maximum Gasteiger partial charge on any atom is 0.407 e. The van der Waals surface area contributed by atoms with Crippen LogP contribution in [0.3, 0.4) is 0 Å². The predicted octanol–water partition coefficient (Wildman–Crippen LogP) is 3.63. The van der Waals surface area contributed by atoms with Crippen molar-refractivity contribution in [3.63, 3.8) is 0 Å². The van der Waals surface area contributed by atoms with Crippen molar-refractivity contribution >= 4 is 22.0 Å². The van der Waals surface area contributed by atoms with E-state index in [2.05, 4.69) is 38.5 Å². The summed E-state index contributed by atoms with van der Waals surface area (Å²) >= 11 is 3.37. The molecular weight excluding hydrogens is 346 g/mol. The number of pyridine rings is 1. The van der Waals surface area contributed by atoms with Gasteiger partial charge in [-0.2, -0.15) is 0 Å². The molecule has 0 aliphatic carbocycles. The molecule has 0 aliphatic heterocycles. The molecule has 1 rings (SSSR count). The van der Waals surface area contributed by atoms with Gasteiger partial charge in [-0.1, -0.05) is 19.4 Å². The SMILES string of the molecule is CCCC(CNC(=O)OC(C)(C)C)NCc1cccc(Br)n1. The highest BCUT2D eigenvalue weighted by atomic mass is 79.9. The van der Waals surface area contributed by atoms with Crippen molar-refractivity contribution < 1.29 is 9.53 Å². The van der Waals surface area contributed by atoms with Gasteiger partial charge in [-0.05, 0) is 55.3 Å². The van der Waals surface area contributed by atoms with Crippen molar-refractivity contribution in [3.05, 3.63) is 28.5 Å². The Kier molecular flexibility index (Phi) is 7.82.